The lowest BCUT2D eigenvalue weighted by Crippen LogP contribution is -2.32. The fourth-order valence-corrected chi connectivity index (χ4v) is 4.46. The number of aromatic nitrogens is 1. The van der Waals surface area contributed by atoms with Gasteiger partial charge in [-0.3, -0.25) is 14.8 Å². The molecule has 4 rings (SSSR count). The van der Waals surface area contributed by atoms with Crippen LogP contribution in [0.2, 0.25) is 0 Å². The topological polar surface area (TPSA) is 85.4 Å². The summed E-state index contributed by atoms with van der Waals surface area (Å²) >= 11 is 1.30. The smallest absolute Gasteiger partial charge is 0.284 e. The molecule has 2 heterocycles. The van der Waals surface area contributed by atoms with E-state index in [4.69, 9.17) is 5.21 Å². The van der Waals surface area contributed by atoms with Gasteiger partial charge in [-0.05, 0) is 47.7 Å². The first-order chi connectivity index (χ1) is 14.1. The Labute approximate surface area is 171 Å². The lowest BCUT2D eigenvalue weighted by atomic mass is 10.1. The molecule has 2 aromatic carbocycles. The number of hydrogen-bond donors (Lipinski definition) is 3. The Hall–Kier alpha value is -3.16. The van der Waals surface area contributed by atoms with Gasteiger partial charge in [-0.2, -0.15) is 0 Å². The Kier molecular flexibility index (Phi) is 5.33. The Morgan fingerprint density at radius 2 is 2.00 bits per heavy atom. The van der Waals surface area contributed by atoms with Crippen molar-refractivity contribution in [2.24, 2.45) is 0 Å². The van der Waals surface area contributed by atoms with Crippen LogP contribution in [0.5, 0.6) is 0 Å². The summed E-state index contributed by atoms with van der Waals surface area (Å²) in [6, 6.07) is 15.4. The van der Waals surface area contributed by atoms with E-state index in [0.717, 1.165) is 38.7 Å². The Balaban J connectivity index is 1.64. The summed E-state index contributed by atoms with van der Waals surface area (Å²) in [6.07, 6.45) is 3.04. The van der Waals surface area contributed by atoms with E-state index in [1.165, 1.54) is 11.3 Å². The van der Waals surface area contributed by atoms with Gasteiger partial charge in [0.1, 0.15) is 0 Å². The molecule has 0 aliphatic heterocycles. The normalized spacial score (nSPS) is 11.1. The number of benzene rings is 2. The van der Waals surface area contributed by atoms with Crippen molar-refractivity contribution in [1.82, 2.24) is 10.5 Å². The van der Waals surface area contributed by atoms with Gasteiger partial charge in [0.15, 0.2) is 0 Å². The van der Waals surface area contributed by atoms with E-state index in [1.54, 1.807) is 16.4 Å². The number of nitrogens with one attached hydrogen (secondary N) is 2. The summed E-state index contributed by atoms with van der Waals surface area (Å²) in [5.41, 5.74) is 4.46. The molecule has 6 nitrogen and oxygen atoms in total. The van der Waals surface area contributed by atoms with Crippen LogP contribution in [0, 0.1) is 0 Å². The summed E-state index contributed by atoms with van der Waals surface area (Å²) < 4.78 is 0.924. The number of hydrogen-bond acceptors (Lipinski definition) is 4. The van der Waals surface area contributed by atoms with Crippen LogP contribution in [-0.4, -0.2) is 28.6 Å². The zero-order valence-electron chi connectivity index (χ0n) is 15.9. The van der Waals surface area contributed by atoms with Crippen LogP contribution >= 0.6 is 11.3 Å². The van der Waals surface area contributed by atoms with E-state index >= 15 is 0 Å². The van der Waals surface area contributed by atoms with Crippen LogP contribution in [-0.2, 0) is 11.2 Å². The van der Waals surface area contributed by atoms with Crippen LogP contribution in [0.25, 0.3) is 21.0 Å². The average molecular weight is 407 g/mol. The summed E-state index contributed by atoms with van der Waals surface area (Å²) in [6.45, 7) is 2.65. The van der Waals surface area contributed by atoms with Crippen LogP contribution in [0.4, 0.5) is 5.69 Å². The molecular weight excluding hydrogens is 386 g/mol. The van der Waals surface area contributed by atoms with Gasteiger partial charge in [0.05, 0.1) is 11.3 Å². The van der Waals surface area contributed by atoms with E-state index < -0.39 is 5.91 Å². The number of amides is 2. The van der Waals surface area contributed by atoms with Crippen molar-refractivity contribution in [3.05, 3.63) is 65.2 Å². The van der Waals surface area contributed by atoms with Crippen molar-refractivity contribution in [2.45, 2.75) is 19.8 Å². The second kappa shape index (κ2) is 8.06. The monoisotopic (exact) mass is 407 g/mol. The fraction of sp³-hybridized carbons (Fsp3) is 0.182. The quantitative estimate of drug-likeness (QED) is 0.325. The molecular formula is C22H21N3O3S. The second-order valence-electron chi connectivity index (χ2n) is 6.86. The van der Waals surface area contributed by atoms with Gasteiger partial charge < -0.3 is 9.88 Å². The molecule has 0 fully saturated rings. The Morgan fingerprint density at radius 1 is 1.17 bits per heavy atom. The van der Waals surface area contributed by atoms with Crippen molar-refractivity contribution >= 4 is 49.8 Å². The maximum Gasteiger partial charge on any atom is 0.284 e. The predicted molar refractivity (Wildman–Crippen MR) is 116 cm³/mol. The van der Waals surface area contributed by atoms with Gasteiger partial charge in [-0.1, -0.05) is 25.1 Å². The molecule has 0 aliphatic carbocycles. The molecule has 0 radical (unpaired) electrons. The first-order valence-electron chi connectivity index (χ1n) is 9.44. The first-order valence-corrected chi connectivity index (χ1v) is 10.3. The molecule has 0 aliphatic rings. The first kappa shape index (κ1) is 19.2. The number of carbonyl (C=O) groups excluding carboxylic acids is 2. The van der Waals surface area contributed by atoms with Crippen LogP contribution in [0.3, 0.4) is 0 Å². The van der Waals surface area contributed by atoms with Gasteiger partial charge in [-0.25, -0.2) is 5.48 Å². The summed E-state index contributed by atoms with van der Waals surface area (Å²) in [7, 11) is 0. The number of hydroxylamine groups is 1. The van der Waals surface area contributed by atoms with E-state index in [1.807, 2.05) is 55.6 Å². The third kappa shape index (κ3) is 3.74. The van der Waals surface area contributed by atoms with Crippen molar-refractivity contribution in [1.29, 1.82) is 0 Å². The highest BCUT2D eigenvalue weighted by Crippen LogP contribution is 2.30. The van der Waals surface area contributed by atoms with Gasteiger partial charge >= 0.3 is 0 Å². The molecule has 2 amide bonds. The molecule has 29 heavy (non-hydrogen) atoms. The summed E-state index contributed by atoms with van der Waals surface area (Å²) in [5, 5.41) is 10.8. The largest absolute Gasteiger partial charge is 0.361 e. The van der Waals surface area contributed by atoms with Crippen LogP contribution in [0.1, 0.15) is 28.6 Å². The van der Waals surface area contributed by atoms with Gasteiger partial charge in [-0.15, -0.1) is 11.3 Å². The lowest BCUT2D eigenvalue weighted by Gasteiger charge is -2.22. The highest BCUT2D eigenvalue weighted by atomic mass is 32.1. The maximum atomic E-state index is 13.2. The average Bonchev–Trinajstić information content (AvgIpc) is 3.35. The molecule has 0 saturated carbocycles. The molecule has 2 aromatic heterocycles. The number of aromatic amines is 1. The Bertz CT molecular complexity index is 1190. The van der Waals surface area contributed by atoms with Crippen LogP contribution < -0.4 is 10.4 Å². The standard InChI is InChI=1S/C22H21N3O3S/c1-2-9-25(21(26)12-15-13-23-18-6-4-3-5-17(15)18)16-7-8-19-14(10-16)11-20(29-19)22(27)24-28/h3-8,10-11,13,23,28H,2,9,12H2,1H3,(H,24,27). The Morgan fingerprint density at radius 3 is 2.79 bits per heavy atom. The van der Waals surface area contributed by atoms with Crippen molar-refractivity contribution < 1.29 is 14.8 Å². The number of anilines is 1. The number of rotatable bonds is 6. The van der Waals surface area contributed by atoms with E-state index in [0.29, 0.717) is 17.8 Å². The van der Waals surface area contributed by atoms with Crippen molar-refractivity contribution in [3.8, 4) is 0 Å². The lowest BCUT2D eigenvalue weighted by molar-refractivity contribution is -0.118. The number of H-pyrrole nitrogens is 1. The zero-order valence-corrected chi connectivity index (χ0v) is 16.8. The number of thiophene rings is 1. The fourth-order valence-electron chi connectivity index (χ4n) is 3.52. The highest BCUT2D eigenvalue weighted by molar-refractivity contribution is 7.20. The number of nitrogens with zero attached hydrogens (tertiary/aromatic N) is 1. The molecule has 3 N–H and O–H groups in total. The predicted octanol–water partition coefficient (Wildman–Crippen LogP) is 4.49. The number of carbonyl (C=O) groups is 2. The zero-order chi connectivity index (χ0) is 20.4. The number of para-hydroxylation sites is 1. The van der Waals surface area contributed by atoms with Gasteiger partial charge in [0.2, 0.25) is 5.91 Å². The molecule has 148 valence electrons. The summed E-state index contributed by atoms with van der Waals surface area (Å²) in [5.74, 6) is -0.506. The minimum absolute atomic E-state index is 0.0273. The molecule has 0 bridgehead atoms. The second-order valence-corrected chi connectivity index (χ2v) is 7.94. The van der Waals surface area contributed by atoms with Crippen molar-refractivity contribution in [3.63, 3.8) is 0 Å². The van der Waals surface area contributed by atoms with E-state index in [2.05, 4.69) is 4.98 Å². The third-order valence-corrected chi connectivity index (χ3v) is 6.02. The van der Waals surface area contributed by atoms with Gasteiger partial charge in [0.25, 0.3) is 5.91 Å². The molecule has 0 saturated heterocycles. The third-order valence-electron chi connectivity index (χ3n) is 4.90. The molecule has 0 unspecified atom stereocenters. The van der Waals surface area contributed by atoms with Crippen molar-refractivity contribution in [2.75, 3.05) is 11.4 Å². The minimum atomic E-state index is -0.534. The molecule has 0 atom stereocenters. The number of fused-ring (bicyclic) bond motifs is 2. The molecule has 0 spiro atoms. The summed E-state index contributed by atoms with van der Waals surface area (Å²) in [4.78, 5) is 30.3. The maximum absolute atomic E-state index is 13.2. The van der Waals surface area contributed by atoms with E-state index in [9.17, 15) is 9.59 Å². The SMILES string of the molecule is CCCN(C(=O)Cc1c[nH]c2ccccc12)c1ccc2sc(C(=O)NO)cc2c1. The minimum Gasteiger partial charge on any atom is -0.361 e. The highest BCUT2D eigenvalue weighted by Gasteiger charge is 2.18. The molecule has 4 aromatic rings. The van der Waals surface area contributed by atoms with Crippen LogP contribution in [0.15, 0.2) is 54.7 Å². The van der Waals surface area contributed by atoms with E-state index in [-0.39, 0.29) is 5.91 Å². The molecule has 7 heteroatoms. The van der Waals surface area contributed by atoms with Gasteiger partial charge in [0, 0.05) is 34.0 Å².